The van der Waals surface area contributed by atoms with Crippen molar-refractivity contribution < 1.29 is 0 Å². The van der Waals surface area contributed by atoms with E-state index in [1.165, 1.54) is 11.3 Å². The van der Waals surface area contributed by atoms with Gasteiger partial charge < -0.3 is 10.6 Å². The molecule has 0 saturated heterocycles. The Bertz CT molecular complexity index is 981. The molecule has 0 bridgehead atoms. The van der Waals surface area contributed by atoms with Crippen molar-refractivity contribution in [1.29, 1.82) is 5.26 Å². The molecule has 1 aromatic carbocycles. The second-order valence-electron chi connectivity index (χ2n) is 5.75. The maximum atomic E-state index is 8.86. The van der Waals surface area contributed by atoms with Gasteiger partial charge in [-0.1, -0.05) is 18.2 Å². The van der Waals surface area contributed by atoms with E-state index in [1.807, 2.05) is 35.0 Å². The highest BCUT2D eigenvalue weighted by Gasteiger charge is 2.12. The predicted octanol–water partition coefficient (Wildman–Crippen LogP) is 3.76. The van der Waals surface area contributed by atoms with E-state index in [1.54, 1.807) is 11.3 Å². The first-order valence-corrected chi connectivity index (χ1v) is 10.0. The van der Waals surface area contributed by atoms with Crippen molar-refractivity contribution >= 4 is 33.8 Å². The molecular formula is C18H16N6S2. The monoisotopic (exact) mass is 380 g/mol. The summed E-state index contributed by atoms with van der Waals surface area (Å²) in [4.78, 5) is 13.7. The molecule has 0 radical (unpaired) electrons. The lowest BCUT2D eigenvalue weighted by atomic mass is 10.1. The van der Waals surface area contributed by atoms with Crippen molar-refractivity contribution in [2.24, 2.45) is 4.99 Å². The van der Waals surface area contributed by atoms with Gasteiger partial charge in [-0.05, 0) is 18.1 Å². The van der Waals surface area contributed by atoms with E-state index in [9.17, 15) is 0 Å². The first kappa shape index (κ1) is 16.7. The number of thiazole rings is 2. The smallest absolute Gasteiger partial charge is 0.197 e. The highest BCUT2D eigenvalue weighted by atomic mass is 32.1. The Morgan fingerprint density at radius 3 is 2.92 bits per heavy atom. The summed E-state index contributed by atoms with van der Waals surface area (Å²) in [5, 5.41) is 21.1. The largest absolute Gasteiger partial charge is 0.356 e. The zero-order chi connectivity index (χ0) is 17.8. The Kier molecular flexibility index (Phi) is 4.91. The number of guanidine groups is 1. The van der Waals surface area contributed by atoms with Gasteiger partial charge in [-0.2, -0.15) is 5.26 Å². The molecule has 4 rings (SSSR count). The molecule has 2 N–H and O–H groups in total. The second-order valence-corrected chi connectivity index (χ2v) is 7.46. The highest BCUT2D eigenvalue weighted by molar-refractivity contribution is 7.14. The molecule has 1 aliphatic rings. The Morgan fingerprint density at radius 1 is 1.19 bits per heavy atom. The number of nitriles is 1. The molecule has 0 atom stereocenters. The van der Waals surface area contributed by atoms with Gasteiger partial charge in [0.05, 0.1) is 12.5 Å². The molecule has 0 unspecified atom stereocenters. The Morgan fingerprint density at radius 2 is 2.08 bits per heavy atom. The van der Waals surface area contributed by atoms with E-state index in [0.29, 0.717) is 6.42 Å². The second kappa shape index (κ2) is 7.64. The first-order valence-electron chi connectivity index (χ1n) is 8.25. The number of aromatic nitrogens is 2. The number of hydrogen-bond donors (Lipinski definition) is 2. The van der Waals surface area contributed by atoms with Crippen LogP contribution in [-0.4, -0.2) is 29.0 Å². The summed E-state index contributed by atoms with van der Waals surface area (Å²) in [5.41, 5.74) is 3.74. The number of nitrogens with one attached hydrogen (secondary N) is 2. The van der Waals surface area contributed by atoms with E-state index < -0.39 is 0 Å². The summed E-state index contributed by atoms with van der Waals surface area (Å²) >= 11 is 3.12. The number of nitrogens with zero attached hydrogens (tertiary/aromatic N) is 4. The van der Waals surface area contributed by atoms with Gasteiger partial charge in [0.2, 0.25) is 0 Å². The number of aliphatic imine (C=N–C) groups is 1. The normalized spacial score (nSPS) is 13.6. The van der Waals surface area contributed by atoms with Crippen LogP contribution in [0.15, 0.2) is 40.0 Å². The number of benzene rings is 1. The van der Waals surface area contributed by atoms with Crippen molar-refractivity contribution in [1.82, 2.24) is 15.3 Å². The van der Waals surface area contributed by atoms with E-state index in [4.69, 9.17) is 10.2 Å². The molecule has 6 nitrogen and oxygen atoms in total. The van der Waals surface area contributed by atoms with Gasteiger partial charge in [0.15, 0.2) is 11.1 Å². The lowest BCUT2D eigenvalue weighted by molar-refractivity contribution is 0.740. The molecule has 2 aromatic heterocycles. The van der Waals surface area contributed by atoms with E-state index >= 15 is 0 Å². The van der Waals surface area contributed by atoms with E-state index in [0.717, 1.165) is 58.1 Å². The summed E-state index contributed by atoms with van der Waals surface area (Å²) in [6.07, 6.45) is 1.47. The molecule has 3 heterocycles. The molecule has 0 spiro atoms. The molecule has 3 aromatic rings. The molecule has 0 aliphatic carbocycles. The molecule has 26 heavy (non-hydrogen) atoms. The minimum Gasteiger partial charge on any atom is -0.356 e. The summed E-state index contributed by atoms with van der Waals surface area (Å²) in [6.45, 7) is 1.78. The fourth-order valence-electron chi connectivity index (χ4n) is 2.60. The minimum atomic E-state index is 0.408. The van der Waals surface area contributed by atoms with Crippen LogP contribution in [-0.2, 0) is 6.42 Å². The van der Waals surface area contributed by atoms with Crippen LogP contribution in [0.5, 0.6) is 0 Å². The van der Waals surface area contributed by atoms with Crippen LogP contribution in [0.25, 0.3) is 22.0 Å². The standard InChI is InChI=1S/C18H16N6S2/c19-6-5-12-3-1-4-13(9-12)16-22-14(10-25-16)15-11-26-18(23-15)24-17-20-7-2-8-21-17/h1,3-4,9-11H,2,5,7-8H2,(H2,20,21,23,24). The number of anilines is 1. The van der Waals surface area contributed by atoms with Gasteiger partial charge in [0.1, 0.15) is 16.4 Å². The third-order valence-electron chi connectivity index (χ3n) is 3.85. The van der Waals surface area contributed by atoms with Crippen LogP contribution in [0.2, 0.25) is 0 Å². The molecule has 0 fully saturated rings. The lowest BCUT2D eigenvalue weighted by Gasteiger charge is -2.13. The predicted molar refractivity (Wildman–Crippen MR) is 107 cm³/mol. The Balaban J connectivity index is 1.52. The fraction of sp³-hybridized carbons (Fsp3) is 0.222. The Labute approximate surface area is 159 Å². The van der Waals surface area contributed by atoms with E-state index in [2.05, 4.69) is 26.7 Å². The zero-order valence-corrected chi connectivity index (χ0v) is 15.5. The summed E-state index contributed by atoms with van der Waals surface area (Å²) < 4.78 is 0. The molecule has 0 saturated carbocycles. The van der Waals surface area contributed by atoms with Crippen molar-refractivity contribution in [3.8, 4) is 28.0 Å². The van der Waals surface area contributed by atoms with Crippen molar-refractivity contribution in [2.45, 2.75) is 12.8 Å². The summed E-state index contributed by atoms with van der Waals surface area (Å²) in [6, 6.07) is 10.1. The SMILES string of the molecule is N#CCc1cccc(-c2nc(-c3csc(NC4=NCCCN4)n3)cs2)c1. The third-order valence-corrected chi connectivity index (χ3v) is 5.50. The average molecular weight is 381 g/mol. The molecule has 130 valence electrons. The van der Waals surface area contributed by atoms with Crippen LogP contribution in [0.4, 0.5) is 5.13 Å². The van der Waals surface area contributed by atoms with Crippen molar-refractivity contribution in [2.75, 3.05) is 18.4 Å². The summed E-state index contributed by atoms with van der Waals surface area (Å²) in [5.74, 6) is 0.783. The maximum Gasteiger partial charge on any atom is 0.197 e. The first-order chi connectivity index (χ1) is 12.8. The van der Waals surface area contributed by atoms with Gasteiger partial charge in [0.25, 0.3) is 0 Å². The fourth-order valence-corrected chi connectivity index (χ4v) is 4.11. The van der Waals surface area contributed by atoms with Crippen molar-refractivity contribution in [3.63, 3.8) is 0 Å². The van der Waals surface area contributed by atoms with Gasteiger partial charge in [-0.3, -0.25) is 4.99 Å². The van der Waals surface area contributed by atoms with Crippen LogP contribution >= 0.6 is 22.7 Å². The van der Waals surface area contributed by atoms with E-state index in [-0.39, 0.29) is 0 Å². The molecular weight excluding hydrogens is 364 g/mol. The van der Waals surface area contributed by atoms with Crippen LogP contribution in [0.3, 0.4) is 0 Å². The van der Waals surface area contributed by atoms with Gasteiger partial charge in [-0.15, -0.1) is 22.7 Å². The Hall–Kier alpha value is -2.76. The number of hydrogen-bond acceptors (Lipinski definition) is 8. The highest BCUT2D eigenvalue weighted by Crippen LogP contribution is 2.31. The van der Waals surface area contributed by atoms with Crippen LogP contribution < -0.4 is 10.6 Å². The number of rotatable bonds is 4. The topological polar surface area (TPSA) is 86.0 Å². The molecule has 8 heteroatoms. The maximum absolute atomic E-state index is 8.86. The zero-order valence-electron chi connectivity index (χ0n) is 13.9. The lowest BCUT2D eigenvalue weighted by Crippen LogP contribution is -2.35. The van der Waals surface area contributed by atoms with Gasteiger partial charge in [0, 0.05) is 29.4 Å². The minimum absolute atomic E-state index is 0.408. The molecule has 0 amide bonds. The average Bonchev–Trinajstić information content (AvgIpc) is 3.33. The van der Waals surface area contributed by atoms with Crippen LogP contribution in [0.1, 0.15) is 12.0 Å². The quantitative estimate of drug-likeness (QED) is 0.720. The van der Waals surface area contributed by atoms with Crippen LogP contribution in [0, 0.1) is 11.3 Å². The van der Waals surface area contributed by atoms with Gasteiger partial charge in [-0.25, -0.2) is 9.97 Å². The van der Waals surface area contributed by atoms with Gasteiger partial charge >= 0.3 is 0 Å². The molecule has 1 aliphatic heterocycles. The van der Waals surface area contributed by atoms with Crippen molar-refractivity contribution in [3.05, 3.63) is 40.6 Å². The summed E-state index contributed by atoms with van der Waals surface area (Å²) in [7, 11) is 0. The third kappa shape index (κ3) is 3.74.